The van der Waals surface area contributed by atoms with Crippen molar-refractivity contribution < 1.29 is 4.79 Å². The molecule has 0 aromatic carbocycles. The Kier molecular flexibility index (Phi) is 5.15. The van der Waals surface area contributed by atoms with Crippen LogP contribution in [0.1, 0.15) is 44.9 Å². The number of hydrogen-bond donors (Lipinski definition) is 0. The molecule has 0 unspecified atom stereocenters. The number of halogens is 1. The summed E-state index contributed by atoms with van der Waals surface area (Å²) in [4.78, 5) is 23.3. The maximum atomic E-state index is 12.3. The van der Waals surface area contributed by atoms with Gasteiger partial charge in [0, 0.05) is 17.8 Å². The molecule has 0 saturated carbocycles. The second kappa shape index (κ2) is 6.19. The van der Waals surface area contributed by atoms with Crippen molar-refractivity contribution in [3.8, 4) is 0 Å². The summed E-state index contributed by atoms with van der Waals surface area (Å²) in [6.07, 6.45) is -0.00312. The van der Waals surface area contributed by atoms with Crippen LogP contribution < -0.4 is 5.56 Å². The molecule has 1 aromatic heterocycles. The first-order chi connectivity index (χ1) is 8.32. The Labute approximate surface area is 113 Å². The summed E-state index contributed by atoms with van der Waals surface area (Å²) in [5.74, 6) is 0.652. The highest BCUT2D eigenvalue weighted by Crippen LogP contribution is 2.15. The van der Waals surface area contributed by atoms with Gasteiger partial charge >= 0.3 is 0 Å². The van der Waals surface area contributed by atoms with E-state index in [0.717, 1.165) is 5.69 Å². The van der Waals surface area contributed by atoms with Gasteiger partial charge in [-0.1, -0.05) is 33.8 Å². The van der Waals surface area contributed by atoms with E-state index >= 15 is 0 Å². The molecule has 0 aliphatic carbocycles. The van der Waals surface area contributed by atoms with Crippen LogP contribution in [0.25, 0.3) is 0 Å². The summed E-state index contributed by atoms with van der Waals surface area (Å²) in [7, 11) is 0. The molecule has 0 N–H and O–H groups in total. The van der Waals surface area contributed by atoms with E-state index in [-0.39, 0.29) is 17.9 Å². The Hall–Kier alpha value is -1.09. The van der Waals surface area contributed by atoms with Gasteiger partial charge in [-0.3, -0.25) is 9.59 Å². The van der Waals surface area contributed by atoms with Crippen molar-refractivity contribution in [1.29, 1.82) is 0 Å². The van der Waals surface area contributed by atoms with Gasteiger partial charge in [0.25, 0.3) is 5.56 Å². The van der Waals surface area contributed by atoms with E-state index in [1.807, 2.05) is 6.07 Å². The highest BCUT2D eigenvalue weighted by atomic mass is 35.5. The van der Waals surface area contributed by atoms with Gasteiger partial charge in [0.15, 0.2) is 0 Å². The van der Waals surface area contributed by atoms with Crippen molar-refractivity contribution in [3.05, 3.63) is 33.7 Å². The lowest BCUT2D eigenvalue weighted by Crippen LogP contribution is -2.29. The van der Waals surface area contributed by atoms with Gasteiger partial charge in [-0.2, -0.15) is 0 Å². The number of carbonyl (C=O) groups excluding carboxylic acids is 1. The van der Waals surface area contributed by atoms with Gasteiger partial charge in [-0.25, -0.2) is 0 Å². The summed E-state index contributed by atoms with van der Waals surface area (Å²) in [6, 6.07) is 3.64. The molecule has 0 fully saturated rings. The van der Waals surface area contributed by atoms with Crippen LogP contribution in [0.3, 0.4) is 0 Å². The maximum absolute atomic E-state index is 12.3. The quantitative estimate of drug-likeness (QED) is 0.771. The molecule has 3 nitrogen and oxygen atoms in total. The molecule has 1 rings (SSSR count). The summed E-state index contributed by atoms with van der Waals surface area (Å²) < 4.78 is 1.77. The molecule has 100 valence electrons. The van der Waals surface area contributed by atoms with Crippen LogP contribution in [0, 0.1) is 5.92 Å². The van der Waals surface area contributed by atoms with E-state index in [9.17, 15) is 9.59 Å². The third kappa shape index (κ3) is 3.70. The Bertz CT molecular complexity index is 489. The third-order valence-electron chi connectivity index (χ3n) is 2.76. The van der Waals surface area contributed by atoms with E-state index in [0.29, 0.717) is 18.0 Å². The van der Waals surface area contributed by atoms with Crippen molar-refractivity contribution in [2.75, 3.05) is 0 Å². The summed E-state index contributed by atoms with van der Waals surface area (Å²) in [6.45, 7) is 8.90. The standard InChI is InChI=1S/C14H20ClNO2/c1-9(2)8-16-12(10(3)4)6-5-11(14(16)18)7-13(15)17/h5-6,9-10H,7-8H2,1-4H3. The lowest BCUT2D eigenvalue weighted by molar-refractivity contribution is -0.111. The zero-order valence-electron chi connectivity index (χ0n) is 11.4. The number of hydrogen-bond acceptors (Lipinski definition) is 2. The molecule has 0 saturated heterocycles. The average Bonchev–Trinajstić information content (AvgIpc) is 2.22. The first-order valence-corrected chi connectivity index (χ1v) is 6.61. The van der Waals surface area contributed by atoms with E-state index in [1.54, 1.807) is 10.6 Å². The van der Waals surface area contributed by atoms with E-state index in [1.165, 1.54) is 0 Å². The van der Waals surface area contributed by atoms with Crippen LogP contribution in [0.5, 0.6) is 0 Å². The normalized spacial score (nSPS) is 11.3. The molecular formula is C14H20ClNO2. The highest BCUT2D eigenvalue weighted by Gasteiger charge is 2.13. The van der Waals surface area contributed by atoms with Gasteiger partial charge in [0.2, 0.25) is 5.24 Å². The number of pyridine rings is 1. The molecule has 4 heteroatoms. The fourth-order valence-electron chi connectivity index (χ4n) is 1.98. The van der Waals surface area contributed by atoms with Crippen LogP contribution in [-0.4, -0.2) is 9.81 Å². The lowest BCUT2D eigenvalue weighted by Gasteiger charge is -2.18. The smallest absolute Gasteiger partial charge is 0.254 e. The Morgan fingerprint density at radius 3 is 2.33 bits per heavy atom. The van der Waals surface area contributed by atoms with Crippen LogP contribution in [0.15, 0.2) is 16.9 Å². The number of aromatic nitrogens is 1. The SMILES string of the molecule is CC(C)Cn1c(C(C)C)ccc(CC(=O)Cl)c1=O. The van der Waals surface area contributed by atoms with Crippen molar-refractivity contribution >= 4 is 16.8 Å². The number of nitrogens with zero attached hydrogens (tertiary/aromatic N) is 1. The van der Waals surface area contributed by atoms with Crippen molar-refractivity contribution in [2.45, 2.75) is 46.6 Å². The van der Waals surface area contributed by atoms with Crippen LogP contribution >= 0.6 is 11.6 Å². The average molecular weight is 270 g/mol. The van der Waals surface area contributed by atoms with Crippen molar-refractivity contribution in [1.82, 2.24) is 4.57 Å². The monoisotopic (exact) mass is 269 g/mol. The van der Waals surface area contributed by atoms with E-state index < -0.39 is 5.24 Å². The summed E-state index contributed by atoms with van der Waals surface area (Å²) >= 11 is 5.36. The minimum absolute atomic E-state index is 0.00312. The molecular weight excluding hydrogens is 250 g/mol. The molecule has 0 bridgehead atoms. The molecule has 1 aromatic rings. The third-order valence-corrected chi connectivity index (χ3v) is 2.89. The summed E-state index contributed by atoms with van der Waals surface area (Å²) in [5, 5.41) is -0.500. The molecule has 0 amide bonds. The fourth-order valence-corrected chi connectivity index (χ4v) is 2.12. The first kappa shape index (κ1) is 15.0. The molecule has 0 atom stereocenters. The number of carbonyl (C=O) groups is 1. The fraction of sp³-hybridized carbons (Fsp3) is 0.571. The number of rotatable bonds is 5. The van der Waals surface area contributed by atoms with Crippen LogP contribution in [-0.2, 0) is 17.8 Å². The second-order valence-electron chi connectivity index (χ2n) is 5.28. The predicted molar refractivity (Wildman–Crippen MR) is 74.2 cm³/mol. The van der Waals surface area contributed by atoms with Gasteiger partial charge in [-0.05, 0) is 29.5 Å². The van der Waals surface area contributed by atoms with Gasteiger partial charge in [-0.15, -0.1) is 0 Å². The van der Waals surface area contributed by atoms with Crippen LogP contribution in [0.2, 0.25) is 0 Å². The highest BCUT2D eigenvalue weighted by molar-refractivity contribution is 6.63. The van der Waals surface area contributed by atoms with Gasteiger partial charge in [0.1, 0.15) is 0 Å². The zero-order valence-corrected chi connectivity index (χ0v) is 12.1. The Balaban J connectivity index is 3.30. The van der Waals surface area contributed by atoms with E-state index in [4.69, 9.17) is 11.6 Å². The zero-order chi connectivity index (χ0) is 13.9. The molecule has 0 spiro atoms. The first-order valence-electron chi connectivity index (χ1n) is 6.23. The van der Waals surface area contributed by atoms with Crippen LogP contribution in [0.4, 0.5) is 0 Å². The predicted octanol–water partition coefficient (Wildman–Crippen LogP) is 2.94. The Morgan fingerprint density at radius 1 is 1.28 bits per heavy atom. The lowest BCUT2D eigenvalue weighted by atomic mass is 10.1. The summed E-state index contributed by atoms with van der Waals surface area (Å²) in [5.41, 5.74) is 1.38. The minimum Gasteiger partial charge on any atom is -0.312 e. The molecule has 1 heterocycles. The van der Waals surface area contributed by atoms with Crippen molar-refractivity contribution in [2.24, 2.45) is 5.92 Å². The van der Waals surface area contributed by atoms with Gasteiger partial charge < -0.3 is 4.57 Å². The molecule has 0 aliphatic heterocycles. The largest absolute Gasteiger partial charge is 0.312 e. The maximum Gasteiger partial charge on any atom is 0.254 e. The Morgan fingerprint density at radius 2 is 1.89 bits per heavy atom. The molecule has 0 radical (unpaired) electrons. The van der Waals surface area contributed by atoms with E-state index in [2.05, 4.69) is 27.7 Å². The van der Waals surface area contributed by atoms with Crippen molar-refractivity contribution in [3.63, 3.8) is 0 Å². The molecule has 0 aliphatic rings. The topological polar surface area (TPSA) is 39.1 Å². The minimum atomic E-state index is -0.500. The second-order valence-corrected chi connectivity index (χ2v) is 5.70. The molecule has 18 heavy (non-hydrogen) atoms. The van der Waals surface area contributed by atoms with Gasteiger partial charge in [0.05, 0.1) is 6.42 Å².